The predicted octanol–water partition coefficient (Wildman–Crippen LogP) is 5.69. The van der Waals surface area contributed by atoms with E-state index in [-0.39, 0.29) is 23.0 Å². The van der Waals surface area contributed by atoms with Gasteiger partial charge in [0, 0.05) is 17.2 Å². The molecule has 2 aliphatic rings. The van der Waals surface area contributed by atoms with Crippen LogP contribution in [0.3, 0.4) is 0 Å². The minimum atomic E-state index is -0.794. The fourth-order valence-electron chi connectivity index (χ4n) is 5.37. The molecule has 2 aromatic heterocycles. The number of aromatic nitrogens is 1. The van der Waals surface area contributed by atoms with Crippen LogP contribution in [0.5, 0.6) is 5.75 Å². The van der Waals surface area contributed by atoms with Gasteiger partial charge in [-0.2, -0.15) is 0 Å². The Balaban J connectivity index is 1.39. The topological polar surface area (TPSA) is 80.0 Å². The zero-order valence-corrected chi connectivity index (χ0v) is 25.3. The summed E-state index contributed by atoms with van der Waals surface area (Å²) in [7, 11) is -0.794. The summed E-state index contributed by atoms with van der Waals surface area (Å²) in [5.41, 5.74) is 2.24. The normalized spacial score (nSPS) is 22.7. The van der Waals surface area contributed by atoms with E-state index in [9.17, 15) is 4.79 Å². The van der Waals surface area contributed by atoms with Crippen LogP contribution in [-0.4, -0.2) is 50.7 Å². The van der Waals surface area contributed by atoms with Gasteiger partial charge in [-0.1, -0.05) is 20.8 Å². The third-order valence-corrected chi connectivity index (χ3v) is 9.06. The van der Waals surface area contributed by atoms with Crippen molar-refractivity contribution < 1.29 is 27.8 Å². The summed E-state index contributed by atoms with van der Waals surface area (Å²) in [5.74, 6) is 0.488. The van der Waals surface area contributed by atoms with E-state index in [2.05, 4.69) is 53.5 Å². The Labute approximate surface area is 227 Å². The van der Waals surface area contributed by atoms with Crippen LogP contribution < -0.4 is 4.74 Å². The van der Waals surface area contributed by atoms with Gasteiger partial charge in [0.25, 0.3) is 0 Å². The molecule has 3 heterocycles. The maximum Gasteiger partial charge on any atom is 0.199 e. The molecule has 0 unspecified atom stereocenters. The van der Waals surface area contributed by atoms with E-state index >= 15 is 0 Å². The molecule has 38 heavy (non-hydrogen) atoms. The van der Waals surface area contributed by atoms with Crippen molar-refractivity contribution >= 4 is 26.6 Å². The van der Waals surface area contributed by atoms with Gasteiger partial charge in [-0.25, -0.2) is 0 Å². The van der Waals surface area contributed by atoms with Crippen LogP contribution in [0.15, 0.2) is 40.9 Å². The van der Waals surface area contributed by atoms with Gasteiger partial charge in [0.2, 0.25) is 0 Å². The molecule has 0 saturated carbocycles. The standard InChI is InChI=1S/C30H39NO6Si/c1-27(2,3)38-37-29(6,7)25-21(35-30(8,9)36-25)16-33-17-12-13-18-19(15-17)28(4,5)26-22(24(18)32)23-20(34-26)11-10-14-31-23/h10-15,21,25H,16,38H2,1-9H3/t21-,25-/m1/s1. The smallest absolute Gasteiger partial charge is 0.199 e. The zero-order valence-electron chi connectivity index (χ0n) is 23.9. The third-order valence-electron chi connectivity index (χ3n) is 7.31. The number of nitrogens with zero attached hydrogens (tertiary/aromatic N) is 1. The number of carbonyl (C=O) groups is 1. The van der Waals surface area contributed by atoms with E-state index < -0.39 is 26.6 Å². The maximum absolute atomic E-state index is 13.5. The molecule has 1 fully saturated rings. The van der Waals surface area contributed by atoms with Crippen LogP contribution in [0.25, 0.3) is 11.1 Å². The van der Waals surface area contributed by atoms with Crippen LogP contribution >= 0.6 is 0 Å². The molecule has 0 radical (unpaired) electrons. The monoisotopic (exact) mass is 537 g/mol. The van der Waals surface area contributed by atoms with Gasteiger partial charge < -0.3 is 23.1 Å². The first-order valence-corrected chi connectivity index (χ1v) is 14.6. The largest absolute Gasteiger partial charge is 0.491 e. The fourth-order valence-corrected chi connectivity index (χ4v) is 6.34. The first-order valence-electron chi connectivity index (χ1n) is 13.3. The number of furan rings is 1. The molecule has 1 saturated heterocycles. The Morgan fingerprint density at radius 1 is 1.05 bits per heavy atom. The van der Waals surface area contributed by atoms with Gasteiger partial charge in [-0.05, 0) is 82.5 Å². The molecular weight excluding hydrogens is 498 g/mol. The molecule has 0 bridgehead atoms. The summed E-state index contributed by atoms with van der Waals surface area (Å²) in [6, 6.07) is 9.29. The average molecular weight is 538 g/mol. The first kappa shape index (κ1) is 27.1. The number of ether oxygens (including phenoxy) is 3. The Morgan fingerprint density at radius 3 is 2.50 bits per heavy atom. The molecule has 204 valence electrons. The van der Waals surface area contributed by atoms with Crippen molar-refractivity contribution in [3.8, 4) is 5.75 Å². The number of fused-ring (bicyclic) bond motifs is 4. The summed E-state index contributed by atoms with van der Waals surface area (Å²) in [5, 5.41) is 0.168. The van der Waals surface area contributed by atoms with E-state index in [0.717, 1.165) is 5.56 Å². The highest BCUT2D eigenvalue weighted by molar-refractivity contribution is 6.31. The number of carbonyl (C=O) groups excluding carboxylic acids is 1. The Bertz CT molecular complexity index is 1380. The van der Waals surface area contributed by atoms with Gasteiger partial charge in [0.1, 0.15) is 35.8 Å². The molecule has 5 rings (SSSR count). The SMILES string of the molecule is CC1(C)O[C@@H](C(C)(C)O[SiH2]C(C)(C)C)[C@@H](COc2ccc3c(c2)C(C)(C)c2oc4cccnc4c2C3=O)O1. The van der Waals surface area contributed by atoms with Gasteiger partial charge >= 0.3 is 0 Å². The summed E-state index contributed by atoms with van der Waals surface area (Å²) in [6.07, 6.45) is 1.09. The number of benzene rings is 1. The van der Waals surface area contributed by atoms with E-state index in [4.69, 9.17) is 23.1 Å². The Kier molecular flexibility index (Phi) is 6.42. The summed E-state index contributed by atoms with van der Waals surface area (Å²) in [6.45, 7) is 19.0. The molecule has 1 aromatic carbocycles. The quantitative estimate of drug-likeness (QED) is 0.374. The van der Waals surface area contributed by atoms with Gasteiger partial charge in [-0.3, -0.25) is 9.78 Å². The van der Waals surface area contributed by atoms with Gasteiger partial charge in [0.05, 0.1) is 11.2 Å². The zero-order chi connectivity index (χ0) is 27.7. The minimum absolute atomic E-state index is 0.0745. The summed E-state index contributed by atoms with van der Waals surface area (Å²) in [4.78, 5) is 17.9. The number of rotatable bonds is 6. The maximum atomic E-state index is 13.5. The van der Waals surface area contributed by atoms with Crippen LogP contribution in [-0.2, 0) is 19.3 Å². The number of hydrogen-bond donors (Lipinski definition) is 0. The van der Waals surface area contributed by atoms with Crippen molar-refractivity contribution in [3.63, 3.8) is 0 Å². The number of hydrogen-bond acceptors (Lipinski definition) is 7. The summed E-state index contributed by atoms with van der Waals surface area (Å²) < 4.78 is 31.5. The van der Waals surface area contributed by atoms with Crippen molar-refractivity contribution in [1.82, 2.24) is 4.98 Å². The lowest BCUT2D eigenvalue weighted by molar-refractivity contribution is -0.162. The highest BCUT2D eigenvalue weighted by Crippen LogP contribution is 2.46. The molecular formula is C30H39NO6Si. The van der Waals surface area contributed by atoms with Crippen LogP contribution in [0.4, 0.5) is 0 Å². The van der Waals surface area contributed by atoms with Crippen molar-refractivity contribution in [1.29, 1.82) is 0 Å². The highest BCUT2D eigenvalue weighted by atomic mass is 28.2. The lowest BCUT2D eigenvalue weighted by Crippen LogP contribution is -2.48. The molecule has 1 aliphatic carbocycles. The molecule has 7 nitrogen and oxygen atoms in total. The average Bonchev–Trinajstić information content (AvgIpc) is 3.38. The lowest BCUT2D eigenvalue weighted by Gasteiger charge is -2.36. The number of ketones is 1. The molecule has 8 heteroatoms. The first-order chi connectivity index (χ1) is 17.6. The van der Waals surface area contributed by atoms with Crippen molar-refractivity contribution in [2.45, 2.75) is 96.4 Å². The molecule has 3 aromatic rings. The molecule has 2 atom stereocenters. The fraction of sp³-hybridized carbons (Fsp3) is 0.533. The minimum Gasteiger partial charge on any atom is -0.491 e. The Hall–Kier alpha value is -2.52. The van der Waals surface area contributed by atoms with Crippen LogP contribution in [0.2, 0.25) is 5.04 Å². The van der Waals surface area contributed by atoms with Gasteiger partial charge in [-0.15, -0.1) is 0 Å². The van der Waals surface area contributed by atoms with E-state index in [1.54, 1.807) is 6.20 Å². The second-order valence-corrected chi connectivity index (χ2v) is 15.9. The molecule has 0 amide bonds. The van der Waals surface area contributed by atoms with Crippen LogP contribution in [0, 0.1) is 0 Å². The van der Waals surface area contributed by atoms with Gasteiger partial charge in [0.15, 0.2) is 26.9 Å². The molecule has 1 aliphatic heterocycles. The number of pyridine rings is 1. The van der Waals surface area contributed by atoms with E-state index in [1.165, 1.54) is 0 Å². The second-order valence-electron chi connectivity index (χ2n) is 13.2. The van der Waals surface area contributed by atoms with Crippen LogP contribution in [0.1, 0.15) is 89.6 Å². The molecule has 0 N–H and O–H groups in total. The van der Waals surface area contributed by atoms with E-state index in [0.29, 0.717) is 40.3 Å². The van der Waals surface area contributed by atoms with Crippen molar-refractivity contribution in [3.05, 3.63) is 59.0 Å². The third kappa shape index (κ3) is 4.83. The molecule has 0 spiro atoms. The second kappa shape index (κ2) is 9.01. The Morgan fingerprint density at radius 2 is 1.79 bits per heavy atom. The summed E-state index contributed by atoms with van der Waals surface area (Å²) >= 11 is 0. The highest BCUT2D eigenvalue weighted by Gasteiger charge is 2.50. The predicted molar refractivity (Wildman–Crippen MR) is 149 cm³/mol. The lowest BCUT2D eigenvalue weighted by atomic mass is 9.72. The van der Waals surface area contributed by atoms with Crippen molar-refractivity contribution in [2.24, 2.45) is 0 Å². The van der Waals surface area contributed by atoms with Crippen molar-refractivity contribution in [2.75, 3.05) is 6.61 Å². The van der Waals surface area contributed by atoms with E-state index in [1.807, 2.05) is 44.2 Å².